The first kappa shape index (κ1) is 14.3. The maximum Gasteiger partial charge on any atom is 0.251 e. The molecular formula is C15H20N4O. The monoisotopic (exact) mass is 272 g/mol. The van der Waals surface area contributed by atoms with Crippen molar-refractivity contribution < 1.29 is 4.79 Å². The molecule has 0 spiro atoms. The molecule has 1 heterocycles. The van der Waals surface area contributed by atoms with Gasteiger partial charge < -0.3 is 15.2 Å². The van der Waals surface area contributed by atoms with Crippen LogP contribution in [0.3, 0.4) is 0 Å². The minimum Gasteiger partial charge on any atom is -0.348 e. The molecule has 5 nitrogen and oxygen atoms in total. The van der Waals surface area contributed by atoms with Crippen LogP contribution in [0.4, 0.5) is 0 Å². The second-order valence-electron chi connectivity index (χ2n) is 5.10. The van der Waals surface area contributed by atoms with E-state index in [9.17, 15) is 4.79 Å². The predicted molar refractivity (Wildman–Crippen MR) is 78.3 cm³/mol. The van der Waals surface area contributed by atoms with Gasteiger partial charge >= 0.3 is 0 Å². The third-order valence-corrected chi connectivity index (χ3v) is 3.04. The highest BCUT2D eigenvalue weighted by Crippen LogP contribution is 2.08. The zero-order chi connectivity index (χ0) is 14.5. The Labute approximate surface area is 119 Å². The van der Waals surface area contributed by atoms with Crippen LogP contribution in [0.2, 0.25) is 0 Å². The van der Waals surface area contributed by atoms with E-state index in [-0.39, 0.29) is 5.91 Å². The third-order valence-electron chi connectivity index (χ3n) is 3.04. The first-order valence-corrected chi connectivity index (χ1v) is 6.57. The molecule has 0 bridgehead atoms. The van der Waals surface area contributed by atoms with E-state index in [1.807, 2.05) is 45.3 Å². The summed E-state index contributed by atoms with van der Waals surface area (Å²) in [5, 5.41) is 2.89. The van der Waals surface area contributed by atoms with Crippen LogP contribution in [0.5, 0.6) is 0 Å². The normalized spacial score (nSPS) is 10.8. The molecule has 0 aliphatic rings. The van der Waals surface area contributed by atoms with Crippen molar-refractivity contribution in [1.82, 2.24) is 20.2 Å². The molecule has 0 saturated heterocycles. The van der Waals surface area contributed by atoms with Gasteiger partial charge in [0.05, 0.1) is 18.6 Å². The van der Waals surface area contributed by atoms with Gasteiger partial charge in [-0.2, -0.15) is 0 Å². The molecule has 0 radical (unpaired) electrons. The van der Waals surface area contributed by atoms with Gasteiger partial charge in [-0.3, -0.25) is 4.79 Å². The minimum absolute atomic E-state index is 0.0759. The van der Waals surface area contributed by atoms with Gasteiger partial charge in [-0.15, -0.1) is 0 Å². The van der Waals surface area contributed by atoms with E-state index in [1.165, 1.54) is 0 Å². The topological polar surface area (TPSA) is 61.0 Å². The van der Waals surface area contributed by atoms with Crippen molar-refractivity contribution in [3.63, 3.8) is 0 Å². The van der Waals surface area contributed by atoms with Crippen LogP contribution in [0.1, 0.15) is 27.3 Å². The minimum atomic E-state index is -0.0759. The van der Waals surface area contributed by atoms with Gasteiger partial charge in [-0.1, -0.05) is 12.1 Å². The first-order chi connectivity index (χ1) is 9.56. The Morgan fingerprint density at radius 3 is 2.85 bits per heavy atom. The molecule has 0 fully saturated rings. The van der Waals surface area contributed by atoms with Gasteiger partial charge in [0.15, 0.2) is 0 Å². The van der Waals surface area contributed by atoms with Crippen molar-refractivity contribution >= 4 is 5.91 Å². The third kappa shape index (κ3) is 3.68. The van der Waals surface area contributed by atoms with E-state index in [2.05, 4.69) is 20.2 Å². The molecular weight excluding hydrogens is 252 g/mol. The number of amides is 1. The zero-order valence-corrected chi connectivity index (χ0v) is 12.1. The fraction of sp³-hybridized carbons (Fsp3) is 0.333. The molecule has 1 aromatic carbocycles. The fourth-order valence-corrected chi connectivity index (χ4v) is 2.01. The molecule has 0 aliphatic carbocycles. The maximum absolute atomic E-state index is 12.1. The number of H-pyrrole nitrogens is 1. The summed E-state index contributed by atoms with van der Waals surface area (Å²) in [7, 11) is 4.01. The molecule has 2 aromatic rings. The molecule has 0 aliphatic heterocycles. The van der Waals surface area contributed by atoms with E-state index < -0.39 is 0 Å². The van der Waals surface area contributed by atoms with E-state index in [1.54, 1.807) is 6.33 Å². The van der Waals surface area contributed by atoms with E-state index in [0.29, 0.717) is 12.1 Å². The lowest BCUT2D eigenvalue weighted by Gasteiger charge is -2.11. The molecule has 0 unspecified atom stereocenters. The quantitative estimate of drug-likeness (QED) is 0.871. The Balaban J connectivity index is 2.00. The summed E-state index contributed by atoms with van der Waals surface area (Å²) in [4.78, 5) is 21.4. The van der Waals surface area contributed by atoms with Crippen LogP contribution in [0.25, 0.3) is 0 Å². The number of aromatic nitrogens is 2. The maximum atomic E-state index is 12.1. The lowest BCUT2D eigenvalue weighted by Crippen LogP contribution is -2.23. The summed E-state index contributed by atoms with van der Waals surface area (Å²) in [6, 6.07) is 7.68. The molecule has 0 saturated carbocycles. The van der Waals surface area contributed by atoms with Crippen LogP contribution < -0.4 is 5.32 Å². The van der Waals surface area contributed by atoms with Crippen molar-refractivity contribution in [2.24, 2.45) is 0 Å². The van der Waals surface area contributed by atoms with E-state index in [0.717, 1.165) is 23.5 Å². The highest BCUT2D eigenvalue weighted by atomic mass is 16.1. The van der Waals surface area contributed by atoms with Crippen molar-refractivity contribution in [3.05, 3.63) is 53.1 Å². The number of carbonyl (C=O) groups is 1. The molecule has 0 atom stereocenters. The van der Waals surface area contributed by atoms with Crippen molar-refractivity contribution in [1.29, 1.82) is 0 Å². The van der Waals surface area contributed by atoms with Gasteiger partial charge in [-0.25, -0.2) is 4.98 Å². The van der Waals surface area contributed by atoms with Gasteiger partial charge in [0, 0.05) is 17.8 Å². The smallest absolute Gasteiger partial charge is 0.251 e. The summed E-state index contributed by atoms with van der Waals surface area (Å²) in [6.45, 7) is 3.19. The number of aromatic amines is 1. The highest BCUT2D eigenvalue weighted by molar-refractivity contribution is 5.94. The largest absolute Gasteiger partial charge is 0.348 e. The number of hydrogen-bond donors (Lipinski definition) is 2. The second kappa shape index (κ2) is 6.34. The van der Waals surface area contributed by atoms with Crippen molar-refractivity contribution in [2.45, 2.75) is 20.0 Å². The number of nitrogens with zero attached hydrogens (tertiary/aromatic N) is 2. The van der Waals surface area contributed by atoms with Gasteiger partial charge in [0.25, 0.3) is 5.91 Å². The molecule has 106 valence electrons. The summed E-state index contributed by atoms with van der Waals surface area (Å²) in [5.74, 6) is -0.0759. The SMILES string of the molecule is Cc1[nH]cnc1CNC(=O)c1cccc(CN(C)C)c1. The molecule has 5 heteroatoms. The van der Waals surface area contributed by atoms with Crippen molar-refractivity contribution in [3.8, 4) is 0 Å². The second-order valence-corrected chi connectivity index (χ2v) is 5.10. The Hall–Kier alpha value is -2.14. The van der Waals surface area contributed by atoms with Crippen LogP contribution >= 0.6 is 0 Å². The van der Waals surface area contributed by atoms with E-state index in [4.69, 9.17) is 0 Å². The number of nitrogens with one attached hydrogen (secondary N) is 2. The summed E-state index contributed by atoms with van der Waals surface area (Å²) in [5.41, 5.74) is 3.64. The van der Waals surface area contributed by atoms with Crippen LogP contribution in [-0.4, -0.2) is 34.9 Å². The molecule has 20 heavy (non-hydrogen) atoms. The average molecular weight is 272 g/mol. The van der Waals surface area contributed by atoms with E-state index >= 15 is 0 Å². The van der Waals surface area contributed by atoms with Gasteiger partial charge in [-0.05, 0) is 38.7 Å². The lowest BCUT2D eigenvalue weighted by atomic mass is 10.1. The Bertz CT molecular complexity index is 589. The number of carbonyl (C=O) groups excluding carboxylic acids is 1. The molecule has 2 N–H and O–H groups in total. The van der Waals surface area contributed by atoms with Gasteiger partial charge in [0.2, 0.25) is 0 Å². The molecule has 1 amide bonds. The van der Waals surface area contributed by atoms with Crippen molar-refractivity contribution in [2.75, 3.05) is 14.1 Å². The predicted octanol–water partition coefficient (Wildman–Crippen LogP) is 1.71. The standard InChI is InChI=1S/C15H20N4O/c1-11-14(18-10-17-11)8-16-15(20)13-6-4-5-12(7-13)9-19(2)3/h4-7,10H,8-9H2,1-3H3,(H,16,20)(H,17,18). The molecule has 2 rings (SSSR count). The van der Waals surface area contributed by atoms with Crippen LogP contribution in [0.15, 0.2) is 30.6 Å². The van der Waals surface area contributed by atoms with Crippen LogP contribution in [-0.2, 0) is 13.1 Å². The number of hydrogen-bond acceptors (Lipinski definition) is 3. The Kier molecular flexibility index (Phi) is 4.53. The number of imidazole rings is 1. The number of rotatable bonds is 5. The Morgan fingerprint density at radius 1 is 1.40 bits per heavy atom. The lowest BCUT2D eigenvalue weighted by molar-refractivity contribution is 0.0950. The average Bonchev–Trinajstić information content (AvgIpc) is 2.81. The first-order valence-electron chi connectivity index (χ1n) is 6.57. The van der Waals surface area contributed by atoms with Crippen LogP contribution in [0, 0.1) is 6.92 Å². The fourth-order valence-electron chi connectivity index (χ4n) is 2.01. The summed E-state index contributed by atoms with van der Waals surface area (Å²) in [6.07, 6.45) is 1.63. The summed E-state index contributed by atoms with van der Waals surface area (Å²) >= 11 is 0. The number of benzene rings is 1. The molecule has 1 aromatic heterocycles. The Morgan fingerprint density at radius 2 is 2.20 bits per heavy atom. The number of aryl methyl sites for hydroxylation is 1. The highest BCUT2D eigenvalue weighted by Gasteiger charge is 2.08. The zero-order valence-electron chi connectivity index (χ0n) is 12.1. The van der Waals surface area contributed by atoms with Gasteiger partial charge in [0.1, 0.15) is 0 Å². The summed E-state index contributed by atoms with van der Waals surface area (Å²) < 4.78 is 0.